The van der Waals surface area contributed by atoms with Crippen molar-refractivity contribution in [1.82, 2.24) is 0 Å². The molecular formula is C14H24S8Sn2. The van der Waals surface area contributed by atoms with Gasteiger partial charge in [0.15, 0.2) is 0 Å². The zero-order chi connectivity index (χ0) is 16.7. The van der Waals surface area contributed by atoms with Gasteiger partial charge in [-0.3, -0.25) is 0 Å². The second kappa shape index (κ2) is 12.7. The Morgan fingerprint density at radius 1 is 0.958 bits per heavy atom. The quantitative estimate of drug-likeness (QED) is 0.113. The molecular weight excluding hydrogens is 662 g/mol. The van der Waals surface area contributed by atoms with E-state index < -0.39 is 14.2 Å². The molecule has 4 heterocycles. The molecule has 0 N–H and O–H groups in total. The van der Waals surface area contributed by atoms with Crippen LogP contribution in [0, 0.1) is 0 Å². The minimum absolute atomic E-state index is 0.0608. The fourth-order valence-corrected chi connectivity index (χ4v) is 85.2. The molecule has 0 nitrogen and oxygen atoms in total. The number of thioether (sulfide) groups is 3. The Kier molecular flexibility index (Phi) is 12.1. The van der Waals surface area contributed by atoms with E-state index in [0.29, 0.717) is 0 Å². The SMILES string of the molecule is C1[CH2][Sn]([S]C2CCS2)([S]C2CCS2)[S]S1.C=C[CH2][Sn][S]C1CCS1. The normalized spacial score (nSPS) is 37.4. The number of rotatable bonds is 8. The van der Waals surface area contributed by atoms with Crippen LogP contribution < -0.4 is 0 Å². The zero-order valence-electron chi connectivity index (χ0n) is 13.6. The van der Waals surface area contributed by atoms with E-state index in [1.165, 1.54) is 46.7 Å². The Labute approximate surface area is 189 Å². The maximum atomic E-state index is 3.72. The van der Waals surface area contributed by atoms with Crippen LogP contribution in [0.4, 0.5) is 0 Å². The number of hydrogen-bond donors (Lipinski definition) is 0. The Hall–Kier alpha value is 4.14. The summed E-state index contributed by atoms with van der Waals surface area (Å²) < 4.78 is 5.96. The van der Waals surface area contributed by atoms with Crippen LogP contribution in [-0.4, -0.2) is 70.7 Å². The van der Waals surface area contributed by atoms with Crippen molar-refractivity contribution >= 4 is 115 Å². The summed E-state index contributed by atoms with van der Waals surface area (Å²) in [6.07, 6.45) is 6.53. The van der Waals surface area contributed by atoms with Crippen LogP contribution in [0.5, 0.6) is 0 Å². The van der Waals surface area contributed by atoms with E-state index in [2.05, 4.69) is 93.6 Å². The molecule has 0 bridgehead atoms. The molecule has 0 aromatic heterocycles. The van der Waals surface area contributed by atoms with Gasteiger partial charge >= 0.3 is 192 Å². The molecule has 4 aliphatic rings. The van der Waals surface area contributed by atoms with E-state index in [1.54, 1.807) is 4.44 Å². The van der Waals surface area contributed by atoms with Gasteiger partial charge < -0.3 is 0 Å². The van der Waals surface area contributed by atoms with E-state index in [0.717, 1.165) is 13.7 Å². The van der Waals surface area contributed by atoms with Gasteiger partial charge in [-0.25, -0.2) is 0 Å². The number of allylic oxidation sites excluding steroid dienone is 1. The van der Waals surface area contributed by atoms with Crippen molar-refractivity contribution in [3.8, 4) is 0 Å². The second-order valence-electron chi connectivity index (χ2n) is 5.60. The summed E-state index contributed by atoms with van der Waals surface area (Å²) in [5.74, 6) is 5.72. The monoisotopic (exact) mass is 688 g/mol. The van der Waals surface area contributed by atoms with Crippen LogP contribution in [0.2, 0.25) is 8.87 Å². The average Bonchev–Trinajstić information content (AvgIpc) is 2.92. The van der Waals surface area contributed by atoms with Gasteiger partial charge in [-0.15, -0.1) is 0 Å². The molecule has 4 rings (SSSR count). The molecule has 10 heteroatoms. The van der Waals surface area contributed by atoms with Gasteiger partial charge in [0.2, 0.25) is 0 Å². The first kappa shape index (κ1) is 22.8. The molecule has 136 valence electrons. The van der Waals surface area contributed by atoms with Gasteiger partial charge in [0.25, 0.3) is 0 Å². The Bertz CT molecular complexity index is 363. The molecule has 0 amide bonds. The third kappa shape index (κ3) is 7.76. The van der Waals surface area contributed by atoms with Crippen LogP contribution in [-0.2, 0) is 0 Å². The van der Waals surface area contributed by atoms with Crippen LogP contribution in [0.25, 0.3) is 0 Å². The Morgan fingerprint density at radius 2 is 1.54 bits per heavy atom. The van der Waals surface area contributed by atoms with E-state index in [4.69, 9.17) is 0 Å². The van der Waals surface area contributed by atoms with Gasteiger partial charge in [-0.05, 0) is 0 Å². The molecule has 24 heavy (non-hydrogen) atoms. The topological polar surface area (TPSA) is 0 Å². The molecule has 3 unspecified atom stereocenters. The maximum absolute atomic E-state index is 3.72. The molecule has 0 spiro atoms. The average molecular weight is 686 g/mol. The molecule has 4 fully saturated rings. The van der Waals surface area contributed by atoms with Crippen molar-refractivity contribution in [3.05, 3.63) is 12.7 Å². The first-order valence-electron chi connectivity index (χ1n) is 8.30. The van der Waals surface area contributed by atoms with Crippen LogP contribution in [0.3, 0.4) is 0 Å². The van der Waals surface area contributed by atoms with Crippen molar-refractivity contribution in [1.29, 1.82) is 0 Å². The van der Waals surface area contributed by atoms with E-state index >= 15 is 0 Å². The summed E-state index contributed by atoms with van der Waals surface area (Å²) in [6.45, 7) is 3.72. The second-order valence-corrected chi connectivity index (χ2v) is 53.7. The molecule has 0 aliphatic carbocycles. The summed E-state index contributed by atoms with van der Waals surface area (Å²) in [5, 5.41) is 0. The molecule has 0 saturated carbocycles. The molecule has 0 aromatic carbocycles. The van der Waals surface area contributed by atoms with Crippen LogP contribution >= 0.6 is 80.9 Å². The van der Waals surface area contributed by atoms with E-state index in [1.807, 2.05) is 0 Å². The summed E-state index contributed by atoms with van der Waals surface area (Å²) in [7, 11) is 11.8. The molecule has 4 saturated heterocycles. The van der Waals surface area contributed by atoms with Crippen LogP contribution in [0.15, 0.2) is 12.7 Å². The van der Waals surface area contributed by atoms with Crippen molar-refractivity contribution in [2.75, 3.05) is 23.0 Å². The summed E-state index contributed by atoms with van der Waals surface area (Å²) >= 11 is 4.68. The first-order chi connectivity index (χ1) is 11.8. The van der Waals surface area contributed by atoms with Gasteiger partial charge in [-0.1, -0.05) is 0 Å². The summed E-state index contributed by atoms with van der Waals surface area (Å²) in [6, 6.07) is 0. The standard InChI is InChI=1S/3C3H6S2.C3H5.C2H5S2.2Sn/c3*4-3-1-2-5-3;1-3-2;1-2-4-3;;/h3*3-4H,1-2H2;3H,1-2H2;3H,1-2H2;;/q;;;;;+1;+3/p-4. The summed E-state index contributed by atoms with van der Waals surface area (Å²) in [4.78, 5) is 0. The molecule has 3 atom stereocenters. The number of hydrogen-bond acceptors (Lipinski definition) is 8. The van der Waals surface area contributed by atoms with Crippen molar-refractivity contribution in [2.45, 2.75) is 41.9 Å². The molecule has 4 aliphatic heterocycles. The molecule has 0 aromatic rings. The molecule has 2 radical (unpaired) electrons. The zero-order valence-corrected chi connectivity index (χ0v) is 25.9. The van der Waals surface area contributed by atoms with Gasteiger partial charge in [0, 0.05) is 0 Å². The van der Waals surface area contributed by atoms with Gasteiger partial charge in [-0.2, -0.15) is 0 Å². The van der Waals surface area contributed by atoms with Gasteiger partial charge in [0.1, 0.15) is 0 Å². The Balaban J connectivity index is 0.000000162. The fraction of sp³-hybridized carbons (Fsp3) is 0.857. The van der Waals surface area contributed by atoms with Gasteiger partial charge in [0.05, 0.1) is 0 Å². The third-order valence-electron chi connectivity index (χ3n) is 3.71. The predicted molar refractivity (Wildman–Crippen MR) is 137 cm³/mol. The van der Waals surface area contributed by atoms with Crippen LogP contribution in [0.1, 0.15) is 19.3 Å². The third-order valence-corrected chi connectivity index (χ3v) is 68.6. The minimum atomic E-state index is -1.82. The van der Waals surface area contributed by atoms with Crippen molar-refractivity contribution < 1.29 is 0 Å². The van der Waals surface area contributed by atoms with Crippen molar-refractivity contribution in [2.24, 2.45) is 0 Å². The fourth-order valence-electron chi connectivity index (χ4n) is 2.05. The predicted octanol–water partition coefficient (Wildman–Crippen LogP) is 7.12. The first-order valence-corrected chi connectivity index (χ1v) is 34.4. The van der Waals surface area contributed by atoms with E-state index in [-0.39, 0.29) is 19.8 Å². The Morgan fingerprint density at radius 3 is 1.92 bits per heavy atom. The van der Waals surface area contributed by atoms with E-state index in [9.17, 15) is 0 Å². The van der Waals surface area contributed by atoms with Crippen molar-refractivity contribution in [3.63, 3.8) is 0 Å². The summed E-state index contributed by atoms with van der Waals surface area (Å²) in [5.41, 5.74) is 0.